The zero-order valence-corrected chi connectivity index (χ0v) is 19.9. The molecule has 2 aliphatic rings. The fourth-order valence-electron chi connectivity index (χ4n) is 4.85. The second-order valence-electron chi connectivity index (χ2n) is 9.26. The van der Waals surface area contributed by atoms with E-state index in [9.17, 15) is 9.59 Å². The summed E-state index contributed by atoms with van der Waals surface area (Å²) in [6.45, 7) is 6.24. The fraction of sp³-hybridized carbons (Fsp3) is 0.407. The minimum atomic E-state index is -0.663. The number of benzene rings is 1. The number of fused-ring (bicyclic) bond motifs is 1. The lowest BCUT2D eigenvalue weighted by atomic mass is 9.86. The molecule has 0 saturated heterocycles. The molecule has 2 aromatic rings. The van der Waals surface area contributed by atoms with Crippen molar-refractivity contribution in [1.29, 1.82) is 0 Å². The molecule has 0 bridgehead atoms. The summed E-state index contributed by atoms with van der Waals surface area (Å²) in [7, 11) is 0. The first-order chi connectivity index (χ1) is 16.3. The number of halogens is 1. The summed E-state index contributed by atoms with van der Waals surface area (Å²) in [4.78, 5) is 31.2. The molecule has 4 N–H and O–H groups in total. The van der Waals surface area contributed by atoms with Crippen molar-refractivity contribution in [3.05, 3.63) is 52.1 Å². The van der Waals surface area contributed by atoms with Crippen LogP contribution in [-0.4, -0.2) is 35.9 Å². The first kappa shape index (κ1) is 23.8. The maximum absolute atomic E-state index is 15.1. The normalized spacial score (nSPS) is 20.8. The number of nitrogens with zero attached hydrogens (tertiary/aromatic N) is 1. The van der Waals surface area contributed by atoms with Crippen molar-refractivity contribution in [2.45, 2.75) is 52.5 Å². The highest BCUT2D eigenvalue weighted by Crippen LogP contribution is 2.41. The summed E-state index contributed by atoms with van der Waals surface area (Å²) < 4.78 is 15.1. The van der Waals surface area contributed by atoms with Crippen LogP contribution in [0.15, 0.2) is 18.2 Å². The molecular formula is C27H31FN4O2. The molecule has 2 amide bonds. The molecule has 6 nitrogen and oxygen atoms in total. The van der Waals surface area contributed by atoms with Gasteiger partial charge in [0.2, 0.25) is 0 Å². The third-order valence-corrected chi connectivity index (χ3v) is 6.71. The van der Waals surface area contributed by atoms with E-state index in [2.05, 4.69) is 22.1 Å². The highest BCUT2D eigenvalue weighted by Gasteiger charge is 2.36. The Morgan fingerprint density at radius 2 is 2.00 bits per heavy atom. The van der Waals surface area contributed by atoms with E-state index in [1.807, 2.05) is 19.9 Å². The number of H-pyrrole nitrogens is 1. The topological polar surface area (TPSA) is 91.2 Å². The van der Waals surface area contributed by atoms with Gasteiger partial charge >= 0.3 is 0 Å². The van der Waals surface area contributed by atoms with Gasteiger partial charge < -0.3 is 20.9 Å². The lowest BCUT2D eigenvalue weighted by Gasteiger charge is -2.30. The van der Waals surface area contributed by atoms with E-state index in [4.69, 9.17) is 5.73 Å². The van der Waals surface area contributed by atoms with Gasteiger partial charge in [-0.1, -0.05) is 5.92 Å². The molecule has 2 heterocycles. The van der Waals surface area contributed by atoms with E-state index in [0.717, 1.165) is 42.6 Å². The third kappa shape index (κ3) is 4.78. The van der Waals surface area contributed by atoms with Gasteiger partial charge in [-0.15, -0.1) is 5.92 Å². The van der Waals surface area contributed by atoms with Crippen LogP contribution >= 0.6 is 0 Å². The summed E-state index contributed by atoms with van der Waals surface area (Å²) in [5.74, 6) is 4.37. The highest BCUT2D eigenvalue weighted by atomic mass is 19.1. The van der Waals surface area contributed by atoms with Crippen LogP contribution in [-0.2, 0) is 4.79 Å². The van der Waals surface area contributed by atoms with Crippen LogP contribution in [0.5, 0.6) is 0 Å². The van der Waals surface area contributed by atoms with Crippen LogP contribution in [0.25, 0.3) is 11.6 Å². The van der Waals surface area contributed by atoms with Gasteiger partial charge in [-0.25, -0.2) is 4.39 Å². The number of aromatic nitrogens is 1. The van der Waals surface area contributed by atoms with Crippen molar-refractivity contribution in [1.82, 2.24) is 10.3 Å². The van der Waals surface area contributed by atoms with Crippen LogP contribution in [0.3, 0.4) is 0 Å². The maximum Gasteiger partial charge on any atom is 0.259 e. The minimum absolute atomic E-state index is 0.0896. The largest absolute Gasteiger partial charge is 0.359 e. The van der Waals surface area contributed by atoms with Gasteiger partial charge in [-0.3, -0.25) is 9.59 Å². The first-order valence-corrected chi connectivity index (χ1v) is 11.8. The van der Waals surface area contributed by atoms with Crippen molar-refractivity contribution in [3.63, 3.8) is 0 Å². The van der Waals surface area contributed by atoms with Crippen molar-refractivity contribution in [2.24, 2.45) is 11.7 Å². The molecule has 4 rings (SSSR count). The summed E-state index contributed by atoms with van der Waals surface area (Å²) >= 11 is 0. The van der Waals surface area contributed by atoms with Gasteiger partial charge in [0.15, 0.2) is 0 Å². The van der Waals surface area contributed by atoms with E-state index in [0.29, 0.717) is 29.3 Å². The van der Waals surface area contributed by atoms with E-state index >= 15 is 4.39 Å². The number of aryl methyl sites for hydroxylation is 2. The van der Waals surface area contributed by atoms with Crippen LogP contribution < -0.4 is 16.0 Å². The third-order valence-electron chi connectivity index (χ3n) is 6.71. The number of hydrogen-bond acceptors (Lipinski definition) is 3. The first-order valence-electron chi connectivity index (χ1n) is 11.8. The molecule has 1 aliphatic carbocycles. The highest BCUT2D eigenvalue weighted by molar-refractivity contribution is 6.36. The monoisotopic (exact) mass is 462 g/mol. The van der Waals surface area contributed by atoms with Gasteiger partial charge in [0.1, 0.15) is 5.82 Å². The Morgan fingerprint density at radius 3 is 2.65 bits per heavy atom. The lowest BCUT2D eigenvalue weighted by molar-refractivity contribution is -0.113. The zero-order chi connectivity index (χ0) is 24.4. The Hall–Kier alpha value is -3.37. The van der Waals surface area contributed by atoms with Crippen LogP contribution in [0.2, 0.25) is 0 Å². The molecular weight excluding hydrogens is 431 g/mol. The van der Waals surface area contributed by atoms with Crippen LogP contribution in [0.1, 0.15) is 65.5 Å². The van der Waals surface area contributed by atoms with E-state index < -0.39 is 11.7 Å². The molecule has 0 atom stereocenters. The smallest absolute Gasteiger partial charge is 0.259 e. The number of carbonyl (C=O) groups is 2. The lowest BCUT2D eigenvalue weighted by Crippen LogP contribution is -2.36. The molecule has 1 aliphatic heterocycles. The van der Waals surface area contributed by atoms with Crippen molar-refractivity contribution in [3.8, 4) is 11.8 Å². The van der Waals surface area contributed by atoms with Gasteiger partial charge in [0.05, 0.1) is 23.4 Å². The number of amides is 2. The molecule has 0 radical (unpaired) electrons. The maximum atomic E-state index is 15.1. The van der Waals surface area contributed by atoms with E-state index in [-0.39, 0.29) is 24.1 Å². The van der Waals surface area contributed by atoms with Gasteiger partial charge in [0, 0.05) is 29.5 Å². The molecule has 7 heteroatoms. The van der Waals surface area contributed by atoms with Crippen molar-refractivity contribution < 1.29 is 14.0 Å². The second kappa shape index (κ2) is 9.86. The number of nitrogens with two attached hydrogens (primary N) is 1. The molecule has 34 heavy (non-hydrogen) atoms. The van der Waals surface area contributed by atoms with Gasteiger partial charge in [0.25, 0.3) is 11.8 Å². The average molecular weight is 463 g/mol. The van der Waals surface area contributed by atoms with Gasteiger partial charge in [-0.2, -0.15) is 0 Å². The average Bonchev–Trinajstić information content (AvgIpc) is 3.25. The predicted molar refractivity (Wildman–Crippen MR) is 133 cm³/mol. The minimum Gasteiger partial charge on any atom is -0.359 e. The molecule has 0 spiro atoms. The molecule has 1 aromatic carbocycles. The Labute approximate surface area is 199 Å². The number of rotatable bonds is 5. The standard InChI is InChI=1S/C27H31FN4O2/c1-4-5-10-30-26(33)22-14-25-20(12-23(22)28)21(13-24-16(2)11-17(3)31-24)27(34)32(25)15-18-6-8-19(29)9-7-18/h11-14,18-19,31H,6-10,15,29H2,1-3H3,(H,30,33)/b21-13-. The van der Waals surface area contributed by atoms with Gasteiger partial charge in [-0.05, 0) is 82.2 Å². The van der Waals surface area contributed by atoms with E-state index in [1.54, 1.807) is 17.9 Å². The van der Waals surface area contributed by atoms with E-state index in [1.165, 1.54) is 12.1 Å². The SMILES string of the molecule is CC#CCNC(=O)c1cc2c(cc1F)/C(=C/c1[nH]c(C)cc1C)C(=O)N2CC1CCC(N)CC1. The number of carbonyl (C=O) groups excluding carboxylic acids is 2. The second-order valence-corrected chi connectivity index (χ2v) is 9.26. The molecule has 0 unspecified atom stereocenters. The summed E-state index contributed by atoms with van der Waals surface area (Å²) in [6, 6.07) is 5.02. The molecule has 1 saturated carbocycles. The fourth-order valence-corrected chi connectivity index (χ4v) is 4.85. The quantitative estimate of drug-likeness (QED) is 0.465. The molecule has 178 valence electrons. The summed E-state index contributed by atoms with van der Waals surface area (Å²) in [5.41, 5.74) is 10.3. The van der Waals surface area contributed by atoms with Crippen LogP contribution in [0, 0.1) is 37.4 Å². The van der Waals surface area contributed by atoms with Crippen LogP contribution in [0.4, 0.5) is 10.1 Å². The number of nitrogens with one attached hydrogen (secondary N) is 2. The molecule has 1 aromatic heterocycles. The Morgan fingerprint density at radius 1 is 1.26 bits per heavy atom. The summed E-state index contributed by atoms with van der Waals surface area (Å²) in [6.07, 6.45) is 5.53. The Balaban J connectivity index is 1.74. The summed E-state index contributed by atoms with van der Waals surface area (Å²) in [5, 5.41) is 2.62. The Bertz CT molecular complexity index is 1210. The van der Waals surface area contributed by atoms with Crippen molar-refractivity contribution in [2.75, 3.05) is 18.0 Å². The van der Waals surface area contributed by atoms with Crippen molar-refractivity contribution >= 4 is 29.2 Å². The molecule has 1 fully saturated rings. The number of hydrogen-bond donors (Lipinski definition) is 3. The number of anilines is 1. The number of aromatic amines is 1. The predicted octanol–water partition coefficient (Wildman–Crippen LogP) is 3.93. The Kier molecular flexibility index (Phi) is 6.90. The zero-order valence-electron chi connectivity index (χ0n) is 19.9.